The van der Waals surface area contributed by atoms with Crippen molar-refractivity contribution in [3.05, 3.63) is 52.7 Å². The molecule has 3 N–H and O–H groups in total. The van der Waals surface area contributed by atoms with E-state index in [2.05, 4.69) is 15.2 Å². The van der Waals surface area contributed by atoms with Crippen LogP contribution in [0.3, 0.4) is 0 Å². The average molecular weight is 462 g/mol. The molecule has 32 heavy (non-hydrogen) atoms. The van der Waals surface area contributed by atoms with Gasteiger partial charge in [0.15, 0.2) is 0 Å². The first kappa shape index (κ1) is 24.3. The molecular formula is C24H32ClN3O4. The predicted molar refractivity (Wildman–Crippen MR) is 126 cm³/mol. The monoisotopic (exact) mass is 461 g/mol. The molecule has 1 amide bonds. The summed E-state index contributed by atoms with van der Waals surface area (Å²) in [5.41, 5.74) is 1.30. The SMILES string of the molecule is Cc1cc(OCCCC2CCN(c3ccc(Cl)cn3)CC2)ccc1C(=O)NC(CO)CO. The average Bonchev–Trinajstić information content (AvgIpc) is 2.81. The molecule has 3 rings (SSSR count). The van der Waals surface area contributed by atoms with Crippen molar-refractivity contribution in [2.45, 2.75) is 38.6 Å². The molecule has 0 radical (unpaired) electrons. The number of ether oxygens (including phenoxy) is 1. The van der Waals surface area contributed by atoms with Crippen LogP contribution in [0.25, 0.3) is 0 Å². The van der Waals surface area contributed by atoms with Crippen LogP contribution >= 0.6 is 11.6 Å². The Labute approximate surface area is 194 Å². The molecule has 1 aliphatic heterocycles. The highest BCUT2D eigenvalue weighted by Gasteiger charge is 2.20. The number of piperidine rings is 1. The number of amides is 1. The number of anilines is 1. The molecule has 7 nitrogen and oxygen atoms in total. The first-order chi connectivity index (χ1) is 15.5. The van der Waals surface area contributed by atoms with Crippen molar-refractivity contribution in [1.82, 2.24) is 10.3 Å². The lowest BCUT2D eigenvalue weighted by Crippen LogP contribution is -2.40. The normalized spacial score (nSPS) is 14.6. The Balaban J connectivity index is 1.38. The van der Waals surface area contributed by atoms with E-state index in [-0.39, 0.29) is 19.1 Å². The van der Waals surface area contributed by atoms with Crippen LogP contribution in [0.2, 0.25) is 5.02 Å². The number of aromatic nitrogens is 1. The molecule has 1 aromatic heterocycles. The topological polar surface area (TPSA) is 94.9 Å². The Morgan fingerprint density at radius 1 is 1.25 bits per heavy atom. The summed E-state index contributed by atoms with van der Waals surface area (Å²) in [6.07, 6.45) is 6.11. The highest BCUT2D eigenvalue weighted by atomic mass is 35.5. The smallest absolute Gasteiger partial charge is 0.251 e. The maximum atomic E-state index is 12.3. The van der Waals surface area contributed by atoms with E-state index in [0.717, 1.165) is 55.9 Å². The van der Waals surface area contributed by atoms with Crippen LogP contribution in [0, 0.1) is 12.8 Å². The summed E-state index contributed by atoms with van der Waals surface area (Å²) in [4.78, 5) is 19.0. The van der Waals surface area contributed by atoms with Gasteiger partial charge in [-0.2, -0.15) is 0 Å². The summed E-state index contributed by atoms with van der Waals surface area (Å²) >= 11 is 5.92. The summed E-state index contributed by atoms with van der Waals surface area (Å²) in [5.74, 6) is 2.11. The molecule has 0 aliphatic carbocycles. The Hall–Kier alpha value is -2.35. The maximum absolute atomic E-state index is 12.3. The number of pyridine rings is 1. The van der Waals surface area contributed by atoms with E-state index < -0.39 is 6.04 Å². The molecule has 1 aromatic carbocycles. The number of benzene rings is 1. The van der Waals surface area contributed by atoms with Crippen LogP contribution < -0.4 is 15.0 Å². The second-order valence-electron chi connectivity index (χ2n) is 8.27. The summed E-state index contributed by atoms with van der Waals surface area (Å²) in [5, 5.41) is 21.5. The molecular weight excluding hydrogens is 430 g/mol. The number of aliphatic hydroxyl groups is 2. The first-order valence-electron chi connectivity index (χ1n) is 11.1. The number of nitrogens with zero attached hydrogens (tertiary/aromatic N) is 2. The van der Waals surface area contributed by atoms with Crippen LogP contribution in [0.4, 0.5) is 5.82 Å². The lowest BCUT2D eigenvalue weighted by Gasteiger charge is -2.32. The molecule has 174 valence electrons. The second-order valence-corrected chi connectivity index (χ2v) is 8.70. The number of carbonyl (C=O) groups excluding carboxylic acids is 1. The number of aryl methyl sites for hydroxylation is 1. The molecule has 0 spiro atoms. The number of carbonyl (C=O) groups is 1. The largest absolute Gasteiger partial charge is 0.494 e. The third-order valence-electron chi connectivity index (χ3n) is 5.89. The highest BCUT2D eigenvalue weighted by Crippen LogP contribution is 2.26. The van der Waals surface area contributed by atoms with Crippen LogP contribution in [-0.2, 0) is 0 Å². The van der Waals surface area contributed by atoms with Gasteiger partial charge in [-0.05, 0) is 74.4 Å². The number of halogens is 1. The first-order valence-corrected chi connectivity index (χ1v) is 11.5. The Morgan fingerprint density at radius 3 is 2.62 bits per heavy atom. The van der Waals surface area contributed by atoms with Crippen molar-refractivity contribution in [2.24, 2.45) is 5.92 Å². The summed E-state index contributed by atoms with van der Waals surface area (Å²) in [6.45, 7) is 3.89. The van der Waals surface area contributed by atoms with Gasteiger partial charge in [0.2, 0.25) is 0 Å². The van der Waals surface area contributed by atoms with Gasteiger partial charge in [0.25, 0.3) is 5.91 Å². The quantitative estimate of drug-likeness (QED) is 0.470. The molecule has 0 unspecified atom stereocenters. The minimum atomic E-state index is -0.660. The molecule has 1 saturated heterocycles. The lowest BCUT2D eigenvalue weighted by atomic mass is 9.92. The number of hydrogen-bond donors (Lipinski definition) is 3. The Morgan fingerprint density at radius 2 is 2.00 bits per heavy atom. The van der Waals surface area contributed by atoms with Gasteiger partial charge in [-0.3, -0.25) is 4.79 Å². The van der Waals surface area contributed by atoms with E-state index in [4.69, 9.17) is 26.6 Å². The highest BCUT2D eigenvalue weighted by molar-refractivity contribution is 6.30. The van der Waals surface area contributed by atoms with Crippen molar-refractivity contribution in [2.75, 3.05) is 37.8 Å². The molecule has 2 heterocycles. The summed E-state index contributed by atoms with van der Waals surface area (Å²) in [7, 11) is 0. The molecule has 2 aromatic rings. The van der Waals surface area contributed by atoms with Gasteiger partial charge in [-0.1, -0.05) is 11.6 Å². The lowest BCUT2D eigenvalue weighted by molar-refractivity contribution is 0.0878. The van der Waals surface area contributed by atoms with E-state index in [1.54, 1.807) is 18.3 Å². The fraction of sp³-hybridized carbons (Fsp3) is 0.500. The van der Waals surface area contributed by atoms with Crippen molar-refractivity contribution in [3.63, 3.8) is 0 Å². The maximum Gasteiger partial charge on any atom is 0.251 e. The Kier molecular flexibility index (Phi) is 9.14. The van der Waals surface area contributed by atoms with Crippen molar-refractivity contribution < 1.29 is 19.7 Å². The minimum absolute atomic E-state index is 0.306. The van der Waals surface area contributed by atoms with Gasteiger partial charge >= 0.3 is 0 Å². The van der Waals surface area contributed by atoms with Crippen molar-refractivity contribution in [3.8, 4) is 5.75 Å². The number of aliphatic hydroxyl groups excluding tert-OH is 2. The third kappa shape index (κ3) is 6.82. The van der Waals surface area contributed by atoms with Crippen LogP contribution in [-0.4, -0.2) is 60.1 Å². The number of hydrogen-bond acceptors (Lipinski definition) is 6. The zero-order valence-electron chi connectivity index (χ0n) is 18.5. The fourth-order valence-corrected chi connectivity index (χ4v) is 4.07. The van der Waals surface area contributed by atoms with Gasteiger partial charge < -0.3 is 25.2 Å². The van der Waals surface area contributed by atoms with Crippen LogP contribution in [0.5, 0.6) is 5.75 Å². The number of nitrogens with one attached hydrogen (secondary N) is 1. The molecule has 0 atom stereocenters. The molecule has 1 fully saturated rings. The minimum Gasteiger partial charge on any atom is -0.494 e. The van der Waals surface area contributed by atoms with E-state index >= 15 is 0 Å². The van der Waals surface area contributed by atoms with E-state index in [0.29, 0.717) is 23.1 Å². The van der Waals surface area contributed by atoms with Gasteiger partial charge in [-0.25, -0.2) is 4.98 Å². The molecule has 8 heteroatoms. The molecule has 1 aliphatic rings. The molecule has 0 bridgehead atoms. The van der Waals surface area contributed by atoms with Crippen LogP contribution in [0.15, 0.2) is 36.5 Å². The van der Waals surface area contributed by atoms with E-state index in [9.17, 15) is 4.79 Å². The van der Waals surface area contributed by atoms with Gasteiger partial charge in [0.1, 0.15) is 11.6 Å². The Bertz CT molecular complexity index is 866. The summed E-state index contributed by atoms with van der Waals surface area (Å²) < 4.78 is 5.89. The standard InChI is InChI=1S/C24H32ClN3O4/c1-17-13-21(5-6-22(17)24(31)27-20(15-29)16-30)32-12-2-3-18-8-10-28(11-9-18)23-7-4-19(25)14-26-23/h4-7,13-14,18,20,29-30H,2-3,8-12,15-16H2,1H3,(H,27,31). The zero-order valence-corrected chi connectivity index (χ0v) is 19.2. The predicted octanol–water partition coefficient (Wildman–Crippen LogP) is 3.20. The summed E-state index contributed by atoms with van der Waals surface area (Å²) in [6, 6.07) is 8.55. The second kappa shape index (κ2) is 12.0. The van der Waals surface area contributed by atoms with Crippen molar-refractivity contribution in [1.29, 1.82) is 0 Å². The zero-order chi connectivity index (χ0) is 22.9. The van der Waals surface area contributed by atoms with Gasteiger partial charge in [0.05, 0.1) is 30.9 Å². The van der Waals surface area contributed by atoms with E-state index in [1.807, 2.05) is 25.1 Å². The van der Waals surface area contributed by atoms with E-state index in [1.165, 1.54) is 0 Å². The van der Waals surface area contributed by atoms with Gasteiger partial charge in [-0.15, -0.1) is 0 Å². The van der Waals surface area contributed by atoms with Crippen LogP contribution in [0.1, 0.15) is 41.6 Å². The van der Waals surface area contributed by atoms with Crippen molar-refractivity contribution >= 4 is 23.3 Å². The number of rotatable bonds is 10. The fourth-order valence-electron chi connectivity index (χ4n) is 3.96. The third-order valence-corrected chi connectivity index (χ3v) is 6.12. The molecule has 0 saturated carbocycles. The van der Waals surface area contributed by atoms with Gasteiger partial charge in [0, 0.05) is 24.8 Å².